The third-order valence-electron chi connectivity index (χ3n) is 7.17. The maximum atomic E-state index is 13.1. The molecule has 2 atom stereocenters. The lowest BCUT2D eigenvalue weighted by molar-refractivity contribution is -0.140. The Bertz CT molecular complexity index is 1270. The Kier molecular flexibility index (Phi) is 13.2. The number of aliphatic hydroxyl groups is 1. The van der Waals surface area contributed by atoms with E-state index < -0.39 is 29.6 Å². The van der Waals surface area contributed by atoms with Crippen molar-refractivity contribution in [1.29, 1.82) is 0 Å². The third-order valence-corrected chi connectivity index (χ3v) is 7.17. The number of carbonyl (C=O) groups is 4. The Morgan fingerprint density at radius 3 is 2.30 bits per heavy atom. The van der Waals surface area contributed by atoms with Gasteiger partial charge in [0.2, 0.25) is 5.91 Å². The van der Waals surface area contributed by atoms with Crippen molar-refractivity contribution in [2.75, 3.05) is 26.2 Å². The highest BCUT2D eigenvalue weighted by molar-refractivity contribution is 5.88. The summed E-state index contributed by atoms with van der Waals surface area (Å²) in [4.78, 5) is 51.7. The van der Waals surface area contributed by atoms with Crippen LogP contribution in [0.1, 0.15) is 77.9 Å². The average molecular weight is 612 g/mol. The number of aliphatic hydroxyl groups excluding tert-OH is 1. The molecule has 0 saturated carbocycles. The van der Waals surface area contributed by atoms with Crippen LogP contribution in [0.5, 0.6) is 17.2 Å². The van der Waals surface area contributed by atoms with Crippen molar-refractivity contribution in [3.63, 3.8) is 0 Å². The van der Waals surface area contributed by atoms with Crippen molar-refractivity contribution in [3.05, 3.63) is 54.1 Å². The first-order valence-corrected chi connectivity index (χ1v) is 15.3. The van der Waals surface area contributed by atoms with E-state index in [1.807, 2.05) is 45.9 Å². The summed E-state index contributed by atoms with van der Waals surface area (Å²) in [5, 5.41) is 17.1. The van der Waals surface area contributed by atoms with Gasteiger partial charge in [-0.1, -0.05) is 38.1 Å². The topological polar surface area (TPSA) is 144 Å². The third kappa shape index (κ3) is 10.6. The molecular weight excluding hydrogens is 566 g/mol. The molecule has 44 heavy (non-hydrogen) atoms. The highest BCUT2D eigenvalue weighted by Crippen LogP contribution is 2.32. The first-order valence-electron chi connectivity index (χ1n) is 15.3. The number of likely N-dealkylation sites (tertiary alicyclic amines) is 1. The number of ether oxygens (including phenoxy) is 3. The van der Waals surface area contributed by atoms with E-state index in [0.717, 1.165) is 6.42 Å². The quantitative estimate of drug-likeness (QED) is 0.191. The van der Waals surface area contributed by atoms with Crippen molar-refractivity contribution in [3.8, 4) is 17.2 Å². The first-order chi connectivity index (χ1) is 21.0. The fraction of sp³-hybridized carbons (Fsp3) is 0.515. The number of para-hydroxylation sites is 1. The van der Waals surface area contributed by atoms with Gasteiger partial charge in [-0.3, -0.25) is 19.2 Å². The molecule has 0 radical (unpaired) electrons. The van der Waals surface area contributed by atoms with Gasteiger partial charge in [0.05, 0.1) is 6.10 Å². The van der Waals surface area contributed by atoms with Gasteiger partial charge in [-0.15, -0.1) is 0 Å². The highest BCUT2D eigenvalue weighted by atomic mass is 16.6. The van der Waals surface area contributed by atoms with Crippen molar-refractivity contribution in [2.45, 2.75) is 83.9 Å². The highest BCUT2D eigenvalue weighted by Gasteiger charge is 2.35. The maximum Gasteiger partial charge on any atom is 0.311 e. The molecule has 2 aromatic carbocycles. The molecule has 1 aliphatic heterocycles. The van der Waals surface area contributed by atoms with Crippen molar-refractivity contribution in [1.82, 2.24) is 15.5 Å². The summed E-state index contributed by atoms with van der Waals surface area (Å²) in [5.41, 5.74) is -0.142. The van der Waals surface area contributed by atoms with Crippen LogP contribution in [0.4, 0.5) is 0 Å². The monoisotopic (exact) mass is 611 g/mol. The van der Waals surface area contributed by atoms with Crippen LogP contribution < -0.4 is 24.8 Å². The zero-order valence-corrected chi connectivity index (χ0v) is 26.1. The van der Waals surface area contributed by atoms with Gasteiger partial charge in [-0.05, 0) is 69.4 Å². The Labute approximate surface area is 259 Å². The smallest absolute Gasteiger partial charge is 0.311 e. The summed E-state index contributed by atoms with van der Waals surface area (Å²) in [6.45, 7) is 8.23. The largest absolute Gasteiger partial charge is 0.484 e. The molecule has 11 nitrogen and oxygen atoms in total. The lowest BCUT2D eigenvalue weighted by Gasteiger charge is -2.30. The summed E-state index contributed by atoms with van der Waals surface area (Å²) < 4.78 is 16.4. The number of benzene rings is 2. The number of hydrogen-bond donors (Lipinski definition) is 3. The zero-order chi connectivity index (χ0) is 32.1. The van der Waals surface area contributed by atoms with Crippen LogP contribution >= 0.6 is 0 Å². The summed E-state index contributed by atoms with van der Waals surface area (Å²) in [6.07, 6.45) is 1.95. The molecule has 0 bridgehead atoms. The van der Waals surface area contributed by atoms with E-state index in [1.165, 1.54) is 12.1 Å². The SMILES string of the molecule is CCCC(=O)Oc1ccc(C(O)CNC(C)(C)CNC(=O)[C@H]2CCCN2C(=O)COc2ccccc2)cc1OC(=O)CCC. The predicted molar refractivity (Wildman–Crippen MR) is 164 cm³/mol. The minimum atomic E-state index is -0.985. The predicted octanol–water partition coefficient (Wildman–Crippen LogP) is 3.69. The fourth-order valence-electron chi connectivity index (χ4n) is 4.71. The van der Waals surface area contributed by atoms with E-state index in [9.17, 15) is 24.3 Å². The number of rotatable bonds is 16. The number of β-amino-alcohol motifs (C(OH)–C–C–N with tert-alkyl or cyclic N) is 1. The van der Waals surface area contributed by atoms with E-state index in [-0.39, 0.29) is 55.9 Å². The molecule has 3 rings (SSSR count). The average Bonchev–Trinajstić information content (AvgIpc) is 3.50. The number of nitrogens with one attached hydrogen (secondary N) is 2. The number of carbonyl (C=O) groups excluding carboxylic acids is 4. The van der Waals surface area contributed by atoms with Gasteiger partial charge in [0.25, 0.3) is 5.91 Å². The molecule has 1 aliphatic rings. The number of hydrogen-bond acceptors (Lipinski definition) is 9. The summed E-state index contributed by atoms with van der Waals surface area (Å²) in [5.74, 6) is -0.601. The summed E-state index contributed by atoms with van der Waals surface area (Å²) in [7, 11) is 0. The first kappa shape index (κ1) is 34.5. The molecule has 11 heteroatoms. The second-order valence-electron chi connectivity index (χ2n) is 11.5. The van der Waals surface area contributed by atoms with Gasteiger partial charge in [-0.25, -0.2) is 0 Å². The Morgan fingerprint density at radius 1 is 0.977 bits per heavy atom. The molecule has 2 aromatic rings. The van der Waals surface area contributed by atoms with Crippen LogP contribution in [0.15, 0.2) is 48.5 Å². The van der Waals surface area contributed by atoms with Gasteiger partial charge in [0.15, 0.2) is 18.1 Å². The molecule has 1 saturated heterocycles. The van der Waals surface area contributed by atoms with Gasteiger partial charge in [0.1, 0.15) is 11.8 Å². The van der Waals surface area contributed by atoms with Crippen molar-refractivity contribution in [2.24, 2.45) is 0 Å². The van der Waals surface area contributed by atoms with Crippen LogP contribution in [0.2, 0.25) is 0 Å². The summed E-state index contributed by atoms with van der Waals surface area (Å²) >= 11 is 0. The van der Waals surface area contributed by atoms with Gasteiger partial charge >= 0.3 is 11.9 Å². The van der Waals surface area contributed by atoms with E-state index >= 15 is 0 Å². The number of nitrogens with zero attached hydrogens (tertiary/aromatic N) is 1. The van der Waals surface area contributed by atoms with Crippen molar-refractivity contribution < 1.29 is 38.5 Å². The Balaban J connectivity index is 1.54. The van der Waals surface area contributed by atoms with E-state index in [2.05, 4.69) is 10.6 Å². The van der Waals surface area contributed by atoms with Crippen LogP contribution in [-0.2, 0) is 19.2 Å². The van der Waals surface area contributed by atoms with E-state index in [0.29, 0.717) is 37.1 Å². The van der Waals surface area contributed by atoms with Gasteiger partial charge in [0, 0.05) is 38.0 Å². The second kappa shape index (κ2) is 16.8. The second-order valence-corrected chi connectivity index (χ2v) is 11.5. The van der Waals surface area contributed by atoms with Gasteiger partial charge < -0.3 is 34.9 Å². The molecular formula is C33H45N3O8. The standard InChI is InChI=1S/C33H45N3O8/c1-5-11-30(39)43-27-17-16-23(19-28(27)44-31(40)12-6-2)26(37)20-35-33(3,4)22-34-32(41)25-15-10-18-36(25)29(38)21-42-24-13-8-7-9-14-24/h7-9,13-14,16-17,19,25-26,35,37H,5-6,10-12,15,18,20-22H2,1-4H3,(H,34,41)/t25-,26?/m1/s1. The number of esters is 2. The fourth-order valence-corrected chi connectivity index (χ4v) is 4.71. The molecule has 0 spiro atoms. The van der Waals surface area contributed by atoms with E-state index in [4.69, 9.17) is 14.2 Å². The van der Waals surface area contributed by atoms with Crippen LogP contribution in [0.3, 0.4) is 0 Å². The lowest BCUT2D eigenvalue weighted by atomic mass is 10.0. The summed E-state index contributed by atoms with van der Waals surface area (Å²) in [6, 6.07) is 13.1. The molecule has 1 fully saturated rings. The lowest BCUT2D eigenvalue weighted by Crippen LogP contribution is -2.54. The Hall–Kier alpha value is -3.96. The maximum absolute atomic E-state index is 13.1. The molecule has 3 N–H and O–H groups in total. The normalized spacial score (nSPS) is 15.4. The zero-order valence-electron chi connectivity index (χ0n) is 26.1. The minimum Gasteiger partial charge on any atom is -0.484 e. The van der Waals surface area contributed by atoms with Crippen LogP contribution in [0, 0.1) is 0 Å². The van der Waals surface area contributed by atoms with Crippen molar-refractivity contribution >= 4 is 23.8 Å². The van der Waals surface area contributed by atoms with Crippen LogP contribution in [0.25, 0.3) is 0 Å². The molecule has 240 valence electrons. The number of amides is 2. The molecule has 1 heterocycles. The van der Waals surface area contributed by atoms with Gasteiger partial charge in [-0.2, -0.15) is 0 Å². The minimum absolute atomic E-state index is 0.0702. The molecule has 0 aromatic heterocycles. The molecule has 0 aliphatic carbocycles. The van der Waals surface area contributed by atoms with E-state index in [1.54, 1.807) is 23.1 Å². The Morgan fingerprint density at radius 2 is 1.64 bits per heavy atom. The molecule has 1 unspecified atom stereocenters. The molecule has 2 amide bonds. The van der Waals surface area contributed by atoms with Crippen LogP contribution in [-0.4, -0.2) is 71.6 Å².